The summed E-state index contributed by atoms with van der Waals surface area (Å²) in [5.74, 6) is 1.47. The van der Waals surface area contributed by atoms with Gasteiger partial charge in [-0.15, -0.1) is 0 Å². The minimum atomic E-state index is -0.124. The second-order valence-corrected chi connectivity index (χ2v) is 6.93. The van der Waals surface area contributed by atoms with E-state index in [0.717, 1.165) is 28.4 Å². The average Bonchev–Trinajstić information content (AvgIpc) is 2.85. The zero-order chi connectivity index (χ0) is 17.5. The Morgan fingerprint density at radius 1 is 1.17 bits per heavy atom. The summed E-state index contributed by atoms with van der Waals surface area (Å²) in [5, 5.41) is 13.7. The van der Waals surface area contributed by atoms with Crippen molar-refractivity contribution in [2.45, 2.75) is 33.2 Å². The lowest BCUT2D eigenvalue weighted by Crippen LogP contribution is -2.27. The highest BCUT2D eigenvalue weighted by atomic mass is 16.5. The van der Waals surface area contributed by atoms with E-state index >= 15 is 0 Å². The van der Waals surface area contributed by atoms with Crippen LogP contribution in [0.15, 0.2) is 36.4 Å². The summed E-state index contributed by atoms with van der Waals surface area (Å²) in [4.78, 5) is 4.77. The van der Waals surface area contributed by atoms with Gasteiger partial charge in [0.15, 0.2) is 11.5 Å². The van der Waals surface area contributed by atoms with Crippen LogP contribution in [0.25, 0.3) is 16.9 Å². The first kappa shape index (κ1) is 16.2. The highest BCUT2D eigenvalue weighted by molar-refractivity contribution is 5.78. The minimum absolute atomic E-state index is 0.102. The van der Waals surface area contributed by atoms with Crippen molar-refractivity contribution in [1.29, 1.82) is 0 Å². The van der Waals surface area contributed by atoms with Crippen LogP contribution in [0.4, 0.5) is 5.82 Å². The quantitative estimate of drug-likeness (QED) is 0.756. The second-order valence-electron chi connectivity index (χ2n) is 6.93. The molecule has 0 radical (unpaired) electrons. The van der Waals surface area contributed by atoms with Crippen molar-refractivity contribution in [2.24, 2.45) is 0 Å². The molecular weight excluding hydrogens is 302 g/mol. The van der Waals surface area contributed by atoms with Crippen LogP contribution in [-0.4, -0.2) is 27.1 Å². The number of aryl methyl sites for hydroxylation is 1. The summed E-state index contributed by atoms with van der Waals surface area (Å²) in [6.45, 7) is 8.39. The van der Waals surface area contributed by atoms with Crippen LogP contribution in [0, 0.1) is 6.92 Å². The standard InChI is InChI=1S/C19H23N3O2/c1-12-7-6-8-16-20-17(18(22(12)16)21-19(2,3)4)13-9-10-15(24-5)14(23)11-13/h6-11,21,23H,1-5H3. The molecule has 24 heavy (non-hydrogen) atoms. The van der Waals surface area contributed by atoms with Gasteiger partial charge in [0, 0.05) is 16.8 Å². The molecule has 0 aliphatic rings. The molecule has 0 amide bonds. The number of aromatic hydroxyl groups is 1. The molecule has 0 aliphatic heterocycles. The maximum atomic E-state index is 10.1. The van der Waals surface area contributed by atoms with Crippen LogP contribution in [0.3, 0.4) is 0 Å². The third kappa shape index (κ3) is 2.89. The topological polar surface area (TPSA) is 58.8 Å². The van der Waals surface area contributed by atoms with Gasteiger partial charge >= 0.3 is 0 Å². The minimum Gasteiger partial charge on any atom is -0.504 e. The SMILES string of the molecule is COc1ccc(-c2nc3cccc(C)n3c2NC(C)(C)C)cc1O. The number of ether oxygens (including phenoxy) is 1. The van der Waals surface area contributed by atoms with Gasteiger partial charge in [0.25, 0.3) is 0 Å². The highest BCUT2D eigenvalue weighted by Crippen LogP contribution is 2.36. The molecule has 0 bridgehead atoms. The third-order valence-electron chi connectivity index (χ3n) is 3.78. The number of rotatable bonds is 3. The van der Waals surface area contributed by atoms with Crippen LogP contribution >= 0.6 is 0 Å². The molecule has 5 heteroatoms. The van der Waals surface area contributed by atoms with Crippen LogP contribution in [0.1, 0.15) is 26.5 Å². The van der Waals surface area contributed by atoms with Crippen molar-refractivity contribution in [1.82, 2.24) is 9.38 Å². The lowest BCUT2D eigenvalue weighted by Gasteiger charge is -2.23. The Balaban J connectivity index is 2.25. The average molecular weight is 325 g/mol. The molecule has 2 aromatic heterocycles. The van der Waals surface area contributed by atoms with E-state index in [4.69, 9.17) is 9.72 Å². The van der Waals surface area contributed by atoms with Crippen molar-refractivity contribution in [3.8, 4) is 22.8 Å². The summed E-state index contributed by atoms with van der Waals surface area (Å²) in [6, 6.07) is 11.4. The Hall–Kier alpha value is -2.69. The number of phenols is 1. The van der Waals surface area contributed by atoms with E-state index in [0.29, 0.717) is 5.75 Å². The van der Waals surface area contributed by atoms with E-state index in [1.807, 2.05) is 18.2 Å². The summed E-state index contributed by atoms with van der Waals surface area (Å²) in [5.41, 5.74) is 3.48. The predicted octanol–water partition coefficient (Wildman–Crippen LogP) is 4.23. The van der Waals surface area contributed by atoms with Crippen molar-refractivity contribution in [3.05, 3.63) is 42.1 Å². The molecule has 2 heterocycles. The molecule has 0 spiro atoms. The second kappa shape index (κ2) is 5.74. The lowest BCUT2D eigenvalue weighted by molar-refractivity contribution is 0.373. The molecule has 0 saturated heterocycles. The summed E-state index contributed by atoms with van der Waals surface area (Å²) >= 11 is 0. The first-order valence-electron chi connectivity index (χ1n) is 7.94. The number of nitrogens with zero attached hydrogens (tertiary/aromatic N) is 2. The number of fused-ring (bicyclic) bond motifs is 1. The molecule has 3 aromatic rings. The largest absolute Gasteiger partial charge is 0.504 e. The van der Waals surface area contributed by atoms with Crippen molar-refractivity contribution >= 4 is 11.5 Å². The van der Waals surface area contributed by atoms with E-state index in [2.05, 4.69) is 43.5 Å². The van der Waals surface area contributed by atoms with Gasteiger partial charge in [-0.2, -0.15) is 0 Å². The number of hydrogen-bond acceptors (Lipinski definition) is 4. The van der Waals surface area contributed by atoms with E-state index in [9.17, 15) is 5.11 Å². The van der Waals surface area contributed by atoms with Gasteiger partial charge in [-0.1, -0.05) is 6.07 Å². The molecule has 5 nitrogen and oxygen atoms in total. The lowest BCUT2D eigenvalue weighted by atomic mass is 10.1. The zero-order valence-corrected chi connectivity index (χ0v) is 14.7. The monoisotopic (exact) mass is 325 g/mol. The van der Waals surface area contributed by atoms with Gasteiger partial charge in [0.05, 0.1) is 7.11 Å². The summed E-state index contributed by atoms with van der Waals surface area (Å²) in [7, 11) is 1.54. The molecule has 0 unspecified atom stereocenters. The number of pyridine rings is 1. The molecule has 0 fully saturated rings. The number of hydrogen-bond donors (Lipinski definition) is 2. The van der Waals surface area contributed by atoms with Crippen molar-refractivity contribution < 1.29 is 9.84 Å². The third-order valence-corrected chi connectivity index (χ3v) is 3.78. The number of methoxy groups -OCH3 is 1. The van der Waals surface area contributed by atoms with Crippen LogP contribution in [0.5, 0.6) is 11.5 Å². The maximum Gasteiger partial charge on any atom is 0.160 e. The molecule has 3 rings (SSSR count). The number of benzene rings is 1. The Kier molecular flexibility index (Phi) is 3.87. The molecule has 2 N–H and O–H groups in total. The normalized spacial score (nSPS) is 11.7. The van der Waals surface area contributed by atoms with Crippen LogP contribution < -0.4 is 10.1 Å². The van der Waals surface area contributed by atoms with E-state index in [1.54, 1.807) is 12.1 Å². The van der Waals surface area contributed by atoms with E-state index in [1.165, 1.54) is 7.11 Å². The molecule has 0 aliphatic carbocycles. The fourth-order valence-corrected chi connectivity index (χ4v) is 2.76. The molecule has 0 saturated carbocycles. The number of aromatic nitrogens is 2. The van der Waals surface area contributed by atoms with Crippen LogP contribution in [-0.2, 0) is 0 Å². The predicted molar refractivity (Wildman–Crippen MR) is 97.0 cm³/mol. The van der Waals surface area contributed by atoms with Gasteiger partial charge < -0.3 is 15.2 Å². The summed E-state index contributed by atoms with van der Waals surface area (Å²) < 4.78 is 7.23. The summed E-state index contributed by atoms with van der Waals surface area (Å²) in [6.07, 6.45) is 0. The Morgan fingerprint density at radius 2 is 1.92 bits per heavy atom. The number of nitrogens with one attached hydrogen (secondary N) is 1. The Labute approximate surface area is 141 Å². The van der Waals surface area contributed by atoms with Gasteiger partial charge in [-0.05, 0) is 58.0 Å². The smallest absolute Gasteiger partial charge is 0.160 e. The molecule has 0 atom stereocenters. The first-order valence-corrected chi connectivity index (χ1v) is 7.94. The van der Waals surface area contributed by atoms with E-state index < -0.39 is 0 Å². The zero-order valence-electron chi connectivity index (χ0n) is 14.7. The van der Waals surface area contributed by atoms with Gasteiger partial charge in [0.1, 0.15) is 17.2 Å². The number of imidazole rings is 1. The van der Waals surface area contributed by atoms with Gasteiger partial charge in [-0.25, -0.2) is 4.98 Å². The fourth-order valence-electron chi connectivity index (χ4n) is 2.76. The van der Waals surface area contributed by atoms with E-state index in [-0.39, 0.29) is 11.3 Å². The Morgan fingerprint density at radius 3 is 2.54 bits per heavy atom. The van der Waals surface area contributed by atoms with Crippen LogP contribution in [0.2, 0.25) is 0 Å². The Bertz CT molecular complexity index is 891. The molecule has 1 aromatic carbocycles. The van der Waals surface area contributed by atoms with Crippen molar-refractivity contribution in [2.75, 3.05) is 12.4 Å². The van der Waals surface area contributed by atoms with Gasteiger partial charge in [0.2, 0.25) is 0 Å². The number of anilines is 1. The van der Waals surface area contributed by atoms with Gasteiger partial charge in [-0.3, -0.25) is 4.40 Å². The van der Waals surface area contributed by atoms with Crippen molar-refractivity contribution in [3.63, 3.8) is 0 Å². The highest BCUT2D eigenvalue weighted by Gasteiger charge is 2.20. The fraction of sp³-hybridized carbons (Fsp3) is 0.316. The maximum absolute atomic E-state index is 10.1. The molecular formula is C19H23N3O2. The number of phenolic OH excluding ortho intramolecular Hbond substituents is 1. The molecule has 126 valence electrons. The first-order chi connectivity index (χ1) is 11.3.